The lowest BCUT2D eigenvalue weighted by molar-refractivity contribution is -0.127. The van der Waals surface area contributed by atoms with Crippen molar-refractivity contribution in [1.82, 2.24) is 10.2 Å². The molecule has 4 heteroatoms. The van der Waals surface area contributed by atoms with Gasteiger partial charge < -0.3 is 10.2 Å². The van der Waals surface area contributed by atoms with Gasteiger partial charge in [0.05, 0.1) is 0 Å². The Morgan fingerprint density at radius 1 is 1.30 bits per heavy atom. The van der Waals surface area contributed by atoms with Gasteiger partial charge in [0.25, 0.3) is 0 Å². The van der Waals surface area contributed by atoms with Crippen molar-refractivity contribution >= 4 is 17.5 Å². The van der Waals surface area contributed by atoms with Crippen molar-refractivity contribution in [2.24, 2.45) is 0 Å². The fraction of sp³-hybridized carbons (Fsp3) is 0.688. The Labute approximate surface area is 130 Å². The number of amides is 1. The third-order valence-corrected chi connectivity index (χ3v) is 3.13. The third-order valence-electron chi connectivity index (χ3n) is 2.85. The summed E-state index contributed by atoms with van der Waals surface area (Å²) in [5, 5.41) is 4.12. The molecule has 1 amide bonds. The molecule has 3 nitrogen and oxygen atoms in total. The highest BCUT2D eigenvalue weighted by Crippen LogP contribution is 2.13. The van der Waals surface area contributed by atoms with E-state index >= 15 is 0 Å². The van der Waals surface area contributed by atoms with Crippen LogP contribution in [0.4, 0.5) is 0 Å². The minimum Gasteiger partial charge on any atom is -0.383 e. The molecule has 0 spiro atoms. The zero-order chi connectivity index (χ0) is 16.1. The second-order valence-corrected chi connectivity index (χ2v) is 4.70. The molecule has 0 aromatic heterocycles. The van der Waals surface area contributed by atoms with E-state index in [1.165, 1.54) is 6.08 Å². The van der Waals surface area contributed by atoms with Crippen molar-refractivity contribution < 1.29 is 4.79 Å². The van der Waals surface area contributed by atoms with Gasteiger partial charge >= 0.3 is 0 Å². The molecule has 1 fully saturated rings. The summed E-state index contributed by atoms with van der Waals surface area (Å²) < 4.78 is 0. The highest BCUT2D eigenvalue weighted by Gasteiger charge is 2.21. The van der Waals surface area contributed by atoms with Gasteiger partial charge in [-0.1, -0.05) is 45.9 Å². The lowest BCUT2D eigenvalue weighted by atomic mass is 10.1. The Balaban J connectivity index is 0. The maximum absolute atomic E-state index is 11.5. The number of nitrogens with zero attached hydrogens (tertiary/aromatic N) is 1. The lowest BCUT2D eigenvalue weighted by Crippen LogP contribution is -2.47. The van der Waals surface area contributed by atoms with Crippen molar-refractivity contribution in [3.63, 3.8) is 0 Å². The van der Waals surface area contributed by atoms with Crippen LogP contribution >= 0.6 is 11.6 Å². The van der Waals surface area contributed by atoms with Gasteiger partial charge in [-0.3, -0.25) is 4.79 Å². The number of piperidine rings is 1. The summed E-state index contributed by atoms with van der Waals surface area (Å²) in [4.78, 5) is 13.3. The predicted octanol–water partition coefficient (Wildman–Crippen LogP) is 4.30. The molecule has 1 atom stereocenters. The summed E-state index contributed by atoms with van der Waals surface area (Å²) >= 11 is 5.89. The van der Waals surface area contributed by atoms with E-state index in [1.807, 2.05) is 46.4 Å². The van der Waals surface area contributed by atoms with Crippen molar-refractivity contribution in [1.29, 1.82) is 0 Å². The van der Waals surface area contributed by atoms with Crippen molar-refractivity contribution in [3.8, 4) is 0 Å². The third kappa shape index (κ3) is 8.26. The Hall–Kier alpha value is -0.960. The molecule has 1 unspecified atom stereocenters. The second-order valence-electron chi connectivity index (χ2n) is 4.13. The number of hydrogen-bond acceptors (Lipinski definition) is 2. The molecule has 1 saturated heterocycles. The van der Waals surface area contributed by atoms with E-state index < -0.39 is 0 Å². The van der Waals surface area contributed by atoms with E-state index in [2.05, 4.69) is 11.9 Å². The molecule has 1 rings (SSSR count). The van der Waals surface area contributed by atoms with Gasteiger partial charge in [-0.25, -0.2) is 0 Å². The van der Waals surface area contributed by atoms with Crippen LogP contribution in [0.3, 0.4) is 0 Å². The zero-order valence-electron chi connectivity index (χ0n) is 13.9. The van der Waals surface area contributed by atoms with Gasteiger partial charge in [0.15, 0.2) is 0 Å². The number of rotatable bonds is 3. The van der Waals surface area contributed by atoms with Crippen LogP contribution in [0.2, 0.25) is 0 Å². The zero-order valence-corrected chi connectivity index (χ0v) is 14.7. The highest BCUT2D eigenvalue weighted by atomic mass is 35.5. The average molecular weight is 303 g/mol. The fourth-order valence-electron chi connectivity index (χ4n) is 1.83. The van der Waals surface area contributed by atoms with Crippen LogP contribution in [-0.2, 0) is 4.79 Å². The summed E-state index contributed by atoms with van der Waals surface area (Å²) in [6, 6.07) is 0.298. The summed E-state index contributed by atoms with van der Waals surface area (Å²) in [6.45, 7) is 16.9. The SMILES string of the molecule is C=CC(=O)N1CCCC(N/C(C)=C(/C)Cl)C1.CC.CC. The molecule has 0 bridgehead atoms. The van der Waals surface area contributed by atoms with Crippen LogP contribution in [0.1, 0.15) is 54.4 Å². The molecule has 0 aromatic rings. The maximum Gasteiger partial charge on any atom is 0.246 e. The van der Waals surface area contributed by atoms with Crippen molar-refractivity contribution in [2.75, 3.05) is 13.1 Å². The van der Waals surface area contributed by atoms with Crippen LogP contribution in [0.5, 0.6) is 0 Å². The number of halogens is 1. The van der Waals surface area contributed by atoms with E-state index in [-0.39, 0.29) is 5.91 Å². The van der Waals surface area contributed by atoms with Gasteiger partial charge in [-0.05, 0) is 32.8 Å². The van der Waals surface area contributed by atoms with Gasteiger partial charge in [0, 0.05) is 29.9 Å². The maximum atomic E-state index is 11.5. The van der Waals surface area contributed by atoms with E-state index in [4.69, 9.17) is 11.6 Å². The van der Waals surface area contributed by atoms with Crippen LogP contribution in [-0.4, -0.2) is 29.9 Å². The quantitative estimate of drug-likeness (QED) is 0.789. The Morgan fingerprint density at radius 2 is 1.85 bits per heavy atom. The standard InChI is InChI=1S/C12H19ClN2O.2C2H6/c1-4-12(16)15-7-5-6-11(8-15)14-10(3)9(2)13;2*1-2/h4,11,14H,1,5-8H2,2-3H3;2*1-2H3/b10-9-;;. The van der Waals surface area contributed by atoms with Gasteiger partial charge in [-0.15, -0.1) is 0 Å². The van der Waals surface area contributed by atoms with Crippen LogP contribution in [0.25, 0.3) is 0 Å². The first-order chi connectivity index (χ1) is 9.54. The van der Waals surface area contributed by atoms with E-state index in [0.29, 0.717) is 6.04 Å². The van der Waals surface area contributed by atoms with Crippen LogP contribution in [0.15, 0.2) is 23.4 Å². The molecule has 1 aliphatic heterocycles. The normalized spacial score (nSPS) is 18.6. The first kappa shape index (κ1) is 21.3. The molecule has 0 saturated carbocycles. The largest absolute Gasteiger partial charge is 0.383 e. The number of nitrogens with one attached hydrogen (secondary N) is 1. The number of likely N-dealkylation sites (tertiary alicyclic amines) is 1. The first-order valence-electron chi connectivity index (χ1n) is 7.55. The van der Waals surface area contributed by atoms with E-state index in [9.17, 15) is 4.79 Å². The molecular weight excluding hydrogens is 272 g/mol. The Morgan fingerprint density at radius 3 is 2.30 bits per heavy atom. The predicted molar refractivity (Wildman–Crippen MR) is 89.9 cm³/mol. The fourth-order valence-corrected chi connectivity index (χ4v) is 1.88. The second kappa shape index (κ2) is 13.0. The average Bonchev–Trinajstić information content (AvgIpc) is 2.50. The molecule has 1 aliphatic rings. The summed E-state index contributed by atoms with van der Waals surface area (Å²) in [7, 11) is 0. The summed E-state index contributed by atoms with van der Waals surface area (Å²) in [5.74, 6) is 0.00993. The van der Waals surface area contributed by atoms with Crippen molar-refractivity contribution in [3.05, 3.63) is 23.4 Å². The first-order valence-corrected chi connectivity index (χ1v) is 7.93. The lowest BCUT2D eigenvalue weighted by Gasteiger charge is -2.33. The monoisotopic (exact) mass is 302 g/mol. The number of carbonyl (C=O) groups excluding carboxylic acids is 1. The summed E-state index contributed by atoms with van der Waals surface area (Å²) in [6.07, 6.45) is 3.46. The van der Waals surface area contributed by atoms with Crippen molar-refractivity contribution in [2.45, 2.75) is 60.4 Å². The molecule has 0 radical (unpaired) electrons. The van der Waals surface area contributed by atoms with Gasteiger partial charge in [0.1, 0.15) is 0 Å². The van der Waals surface area contributed by atoms with Crippen LogP contribution < -0.4 is 5.32 Å². The number of hydrogen-bond donors (Lipinski definition) is 1. The van der Waals surface area contributed by atoms with Gasteiger partial charge in [0.2, 0.25) is 5.91 Å². The molecule has 118 valence electrons. The highest BCUT2D eigenvalue weighted by molar-refractivity contribution is 6.29. The molecule has 0 aliphatic carbocycles. The molecule has 1 heterocycles. The minimum atomic E-state index is 0.00993. The smallest absolute Gasteiger partial charge is 0.246 e. The Kier molecular flexibility index (Phi) is 13.9. The molecule has 0 aromatic carbocycles. The minimum absolute atomic E-state index is 0.00993. The molecular formula is C16H31ClN2O. The topological polar surface area (TPSA) is 32.3 Å². The van der Waals surface area contributed by atoms with Gasteiger partial charge in [-0.2, -0.15) is 0 Å². The Bertz CT molecular complexity index is 310. The number of carbonyl (C=O) groups is 1. The van der Waals surface area contributed by atoms with E-state index in [0.717, 1.165) is 36.7 Å². The van der Waals surface area contributed by atoms with Crippen LogP contribution in [0, 0.1) is 0 Å². The summed E-state index contributed by atoms with van der Waals surface area (Å²) in [5.41, 5.74) is 0.986. The molecule has 20 heavy (non-hydrogen) atoms. The van der Waals surface area contributed by atoms with E-state index in [1.54, 1.807) is 0 Å². The molecule has 1 N–H and O–H groups in total. The number of allylic oxidation sites excluding steroid dienone is 2.